The lowest BCUT2D eigenvalue weighted by Crippen LogP contribution is -2.35. The van der Waals surface area contributed by atoms with Crippen molar-refractivity contribution in [3.05, 3.63) is 66.3 Å². The van der Waals surface area contributed by atoms with Crippen LogP contribution in [-0.2, 0) is 10.2 Å². The number of hydrogen-bond acceptors (Lipinski definition) is 3. The van der Waals surface area contributed by atoms with Gasteiger partial charge in [0.15, 0.2) is 5.82 Å². The highest BCUT2D eigenvalue weighted by atomic mass is 35.5. The van der Waals surface area contributed by atoms with Crippen molar-refractivity contribution in [3.8, 4) is 0 Å². The first-order valence-corrected chi connectivity index (χ1v) is 9.39. The van der Waals surface area contributed by atoms with Gasteiger partial charge in [0, 0.05) is 12.6 Å². The molecular weight excluding hydrogens is 396 g/mol. The quantitative estimate of drug-likeness (QED) is 0.699. The SMILES string of the molecule is CN(C)C/C=C/CN1c2ccccc2N(c2ccc(F)cc2F)S1(=O)=O.Cl. The van der Waals surface area contributed by atoms with Crippen LogP contribution >= 0.6 is 12.4 Å². The lowest BCUT2D eigenvalue weighted by Gasteiger charge is -2.21. The van der Waals surface area contributed by atoms with Crippen LogP contribution in [0.2, 0.25) is 0 Å². The molecular formula is C18H20ClF2N3O2S. The van der Waals surface area contributed by atoms with E-state index in [2.05, 4.69) is 0 Å². The first-order chi connectivity index (χ1) is 12.3. The van der Waals surface area contributed by atoms with Gasteiger partial charge in [-0.05, 0) is 38.4 Å². The molecule has 0 saturated heterocycles. The minimum atomic E-state index is -4.04. The summed E-state index contributed by atoms with van der Waals surface area (Å²) in [5, 5.41) is 0. The van der Waals surface area contributed by atoms with Gasteiger partial charge in [-0.2, -0.15) is 8.42 Å². The zero-order valence-corrected chi connectivity index (χ0v) is 16.5. The monoisotopic (exact) mass is 415 g/mol. The topological polar surface area (TPSA) is 43.9 Å². The fourth-order valence-corrected chi connectivity index (χ4v) is 4.42. The molecule has 1 aliphatic rings. The maximum atomic E-state index is 14.3. The number of para-hydroxylation sites is 2. The molecule has 0 saturated carbocycles. The Bertz CT molecular complexity index is 951. The van der Waals surface area contributed by atoms with Crippen molar-refractivity contribution >= 4 is 39.7 Å². The molecule has 27 heavy (non-hydrogen) atoms. The second-order valence-corrected chi connectivity index (χ2v) is 7.82. The average Bonchev–Trinajstić information content (AvgIpc) is 2.79. The van der Waals surface area contributed by atoms with Crippen LogP contribution in [0.1, 0.15) is 0 Å². The van der Waals surface area contributed by atoms with E-state index in [0.29, 0.717) is 24.0 Å². The van der Waals surface area contributed by atoms with E-state index in [1.807, 2.05) is 25.1 Å². The van der Waals surface area contributed by atoms with E-state index in [1.54, 1.807) is 30.3 Å². The third-order valence-electron chi connectivity index (χ3n) is 3.92. The van der Waals surface area contributed by atoms with E-state index in [9.17, 15) is 17.2 Å². The fraction of sp³-hybridized carbons (Fsp3) is 0.222. The highest BCUT2D eigenvalue weighted by molar-refractivity contribution is 7.95. The Hall–Kier alpha value is -2.16. The van der Waals surface area contributed by atoms with Crippen molar-refractivity contribution in [2.45, 2.75) is 0 Å². The van der Waals surface area contributed by atoms with Crippen LogP contribution in [0, 0.1) is 11.6 Å². The van der Waals surface area contributed by atoms with E-state index in [1.165, 1.54) is 4.31 Å². The van der Waals surface area contributed by atoms with Gasteiger partial charge in [0.1, 0.15) is 5.82 Å². The fourth-order valence-electron chi connectivity index (χ4n) is 2.74. The molecule has 0 fully saturated rings. The van der Waals surface area contributed by atoms with E-state index in [-0.39, 0.29) is 24.6 Å². The molecule has 0 bridgehead atoms. The summed E-state index contributed by atoms with van der Waals surface area (Å²) in [4.78, 5) is 1.95. The second-order valence-electron chi connectivity index (χ2n) is 6.12. The van der Waals surface area contributed by atoms with Crippen molar-refractivity contribution in [2.75, 3.05) is 35.8 Å². The summed E-state index contributed by atoms with van der Waals surface area (Å²) >= 11 is 0. The highest BCUT2D eigenvalue weighted by Crippen LogP contribution is 2.45. The van der Waals surface area contributed by atoms with Gasteiger partial charge in [-0.25, -0.2) is 17.4 Å². The van der Waals surface area contributed by atoms with Crippen LogP contribution in [0.4, 0.5) is 25.8 Å². The Morgan fingerprint density at radius 3 is 2.30 bits per heavy atom. The summed E-state index contributed by atoms with van der Waals surface area (Å²) in [6, 6.07) is 9.49. The number of nitrogens with zero attached hydrogens (tertiary/aromatic N) is 3. The number of benzene rings is 2. The molecule has 0 amide bonds. The second kappa shape index (κ2) is 8.24. The molecule has 1 aliphatic heterocycles. The summed E-state index contributed by atoms with van der Waals surface area (Å²) in [6.45, 7) is 0.790. The number of halogens is 3. The zero-order valence-electron chi connectivity index (χ0n) is 14.8. The lowest BCUT2D eigenvalue weighted by molar-refractivity contribution is 0.456. The Labute approximate surface area is 164 Å². The lowest BCUT2D eigenvalue weighted by atomic mass is 10.2. The van der Waals surface area contributed by atoms with Crippen molar-refractivity contribution in [1.82, 2.24) is 4.90 Å². The predicted molar refractivity (Wildman–Crippen MR) is 106 cm³/mol. The van der Waals surface area contributed by atoms with Crippen molar-refractivity contribution in [3.63, 3.8) is 0 Å². The Kier molecular flexibility index (Phi) is 6.46. The van der Waals surface area contributed by atoms with Gasteiger partial charge in [-0.1, -0.05) is 24.3 Å². The number of hydrogen-bond donors (Lipinski definition) is 0. The van der Waals surface area contributed by atoms with Crippen molar-refractivity contribution in [2.24, 2.45) is 0 Å². The molecule has 2 aromatic rings. The summed E-state index contributed by atoms with van der Waals surface area (Å²) in [7, 11) is -0.221. The van der Waals surface area contributed by atoms with Crippen LogP contribution < -0.4 is 8.61 Å². The molecule has 5 nitrogen and oxygen atoms in total. The van der Waals surface area contributed by atoms with Gasteiger partial charge in [-0.3, -0.25) is 0 Å². The molecule has 1 heterocycles. The van der Waals surface area contributed by atoms with Crippen LogP contribution in [0.5, 0.6) is 0 Å². The van der Waals surface area contributed by atoms with Gasteiger partial charge < -0.3 is 4.90 Å². The number of anilines is 3. The highest BCUT2D eigenvalue weighted by Gasteiger charge is 2.41. The smallest absolute Gasteiger partial charge is 0.306 e. The van der Waals surface area contributed by atoms with Crippen LogP contribution in [0.15, 0.2) is 54.6 Å². The Balaban J connectivity index is 0.00000261. The van der Waals surface area contributed by atoms with E-state index in [0.717, 1.165) is 16.4 Å². The van der Waals surface area contributed by atoms with E-state index < -0.39 is 21.8 Å². The van der Waals surface area contributed by atoms with Gasteiger partial charge in [0.05, 0.1) is 23.6 Å². The van der Waals surface area contributed by atoms with Crippen LogP contribution in [0.3, 0.4) is 0 Å². The number of rotatable bonds is 5. The minimum Gasteiger partial charge on any atom is -0.306 e. The average molecular weight is 416 g/mol. The molecule has 0 unspecified atom stereocenters. The Morgan fingerprint density at radius 1 is 1.00 bits per heavy atom. The van der Waals surface area contributed by atoms with E-state index >= 15 is 0 Å². The summed E-state index contributed by atoms with van der Waals surface area (Å²) in [5.74, 6) is -1.70. The molecule has 3 rings (SSSR count). The maximum absolute atomic E-state index is 14.3. The van der Waals surface area contributed by atoms with Gasteiger partial charge in [0.2, 0.25) is 0 Å². The van der Waals surface area contributed by atoms with Crippen LogP contribution in [-0.4, -0.2) is 40.5 Å². The first kappa shape index (κ1) is 21.1. The molecule has 0 radical (unpaired) electrons. The predicted octanol–water partition coefficient (Wildman–Crippen LogP) is 3.71. The molecule has 0 aliphatic carbocycles. The standard InChI is InChI=1S/C18H19F2N3O2S.ClH/c1-21(2)11-5-6-12-22-17-7-3-4-8-18(17)23(26(22,24)25)16-10-9-14(19)13-15(16)20;/h3-10,13H,11-12H2,1-2H3;1H/b6-5+;. The first-order valence-electron chi connectivity index (χ1n) is 7.99. The third kappa shape index (κ3) is 4.07. The largest absolute Gasteiger partial charge is 0.331 e. The van der Waals surface area contributed by atoms with E-state index in [4.69, 9.17) is 0 Å². The van der Waals surface area contributed by atoms with Gasteiger partial charge >= 0.3 is 10.2 Å². The molecule has 0 aromatic heterocycles. The summed E-state index contributed by atoms with van der Waals surface area (Å²) in [5.41, 5.74) is 0.573. The Morgan fingerprint density at radius 2 is 1.67 bits per heavy atom. The van der Waals surface area contributed by atoms with Gasteiger partial charge in [0.25, 0.3) is 0 Å². The minimum absolute atomic E-state index is 0. The number of fused-ring (bicyclic) bond motifs is 1. The van der Waals surface area contributed by atoms with Crippen LogP contribution in [0.25, 0.3) is 0 Å². The normalized spacial score (nSPS) is 15.3. The molecule has 0 atom stereocenters. The number of likely N-dealkylation sites (N-methyl/N-ethyl adjacent to an activating group) is 1. The summed E-state index contributed by atoms with van der Waals surface area (Å²) in [6.07, 6.45) is 3.61. The third-order valence-corrected chi connectivity index (χ3v) is 5.67. The van der Waals surface area contributed by atoms with Crippen molar-refractivity contribution in [1.29, 1.82) is 0 Å². The zero-order chi connectivity index (χ0) is 18.9. The molecule has 146 valence electrons. The van der Waals surface area contributed by atoms with Gasteiger partial charge in [-0.15, -0.1) is 12.4 Å². The van der Waals surface area contributed by atoms with Crippen molar-refractivity contribution < 1.29 is 17.2 Å². The summed E-state index contributed by atoms with van der Waals surface area (Å²) < 4.78 is 55.8. The molecule has 0 spiro atoms. The molecule has 2 aromatic carbocycles. The maximum Gasteiger partial charge on any atom is 0.331 e. The molecule has 9 heteroatoms. The molecule has 0 N–H and O–H groups in total.